The molecule has 0 saturated carbocycles. The van der Waals surface area contributed by atoms with Crippen molar-refractivity contribution >= 4 is 22.9 Å². The Bertz CT molecular complexity index is 977. The Labute approximate surface area is 161 Å². The molecule has 4 rings (SSSR count). The molecule has 1 aromatic heterocycles. The number of rotatable bonds is 5. The second-order valence-electron chi connectivity index (χ2n) is 6.37. The highest BCUT2D eigenvalue weighted by atomic mass is 32.1. The Kier molecular flexibility index (Phi) is 4.77. The molecule has 0 bridgehead atoms. The summed E-state index contributed by atoms with van der Waals surface area (Å²) in [4.78, 5) is 13.5. The smallest absolute Gasteiger partial charge is 0.225 e. The van der Waals surface area contributed by atoms with Crippen molar-refractivity contribution in [1.82, 2.24) is 0 Å². The highest BCUT2D eigenvalue weighted by Crippen LogP contribution is 2.46. The average molecular weight is 379 g/mol. The molecule has 1 aliphatic heterocycles. The first-order chi connectivity index (χ1) is 13.2. The van der Waals surface area contributed by atoms with Gasteiger partial charge in [0.1, 0.15) is 18.2 Å². The molecule has 1 aliphatic rings. The van der Waals surface area contributed by atoms with Crippen LogP contribution in [0.15, 0.2) is 66.6 Å². The number of nitrogens with one attached hydrogen (secondary N) is 1. The molecule has 3 nitrogen and oxygen atoms in total. The van der Waals surface area contributed by atoms with Crippen LogP contribution in [-0.4, -0.2) is 12.5 Å². The summed E-state index contributed by atoms with van der Waals surface area (Å²) >= 11 is 1.62. The molecule has 2 aromatic carbocycles. The Balaban J connectivity index is 1.68. The van der Waals surface area contributed by atoms with Crippen LogP contribution in [0.3, 0.4) is 0 Å². The predicted molar refractivity (Wildman–Crippen MR) is 107 cm³/mol. The number of benzene rings is 2. The fourth-order valence-electron chi connectivity index (χ4n) is 3.29. The van der Waals surface area contributed by atoms with E-state index in [0.717, 1.165) is 33.0 Å². The summed E-state index contributed by atoms with van der Waals surface area (Å²) in [6.07, 6.45) is 2.11. The van der Waals surface area contributed by atoms with Gasteiger partial charge in [-0.3, -0.25) is 4.79 Å². The summed E-state index contributed by atoms with van der Waals surface area (Å²) in [5, 5.41) is 5.03. The lowest BCUT2D eigenvalue weighted by atomic mass is 9.89. The first-order valence-electron chi connectivity index (χ1n) is 8.66. The quantitative estimate of drug-likeness (QED) is 0.587. The topological polar surface area (TPSA) is 38.3 Å². The van der Waals surface area contributed by atoms with E-state index in [1.807, 2.05) is 29.6 Å². The molecule has 0 spiro atoms. The number of carbonyl (C=O) groups is 1. The van der Waals surface area contributed by atoms with Crippen molar-refractivity contribution in [3.63, 3.8) is 0 Å². The number of ether oxygens (including phenoxy) is 1. The number of anilines is 1. The van der Waals surface area contributed by atoms with Crippen LogP contribution in [-0.2, 0) is 4.79 Å². The molecular weight excluding hydrogens is 361 g/mol. The van der Waals surface area contributed by atoms with Crippen molar-refractivity contribution < 1.29 is 13.9 Å². The third-order valence-corrected chi connectivity index (χ3v) is 5.69. The van der Waals surface area contributed by atoms with E-state index in [9.17, 15) is 9.18 Å². The minimum absolute atomic E-state index is 0.00130. The van der Waals surface area contributed by atoms with Crippen LogP contribution in [0.1, 0.15) is 22.8 Å². The Morgan fingerprint density at radius 3 is 2.63 bits per heavy atom. The Morgan fingerprint density at radius 1 is 1.19 bits per heavy atom. The molecule has 3 aromatic rings. The van der Waals surface area contributed by atoms with Gasteiger partial charge in [-0.2, -0.15) is 0 Å². The normalized spacial score (nSPS) is 15.7. The largest absolute Gasteiger partial charge is 0.490 e. The monoisotopic (exact) mass is 379 g/mol. The third-order valence-electron chi connectivity index (χ3n) is 4.60. The zero-order valence-electron chi connectivity index (χ0n) is 14.6. The molecule has 0 saturated heterocycles. The summed E-state index contributed by atoms with van der Waals surface area (Å²) in [5.74, 6) is 0.489. The fraction of sp³-hybridized carbons (Fsp3) is 0.136. The minimum Gasteiger partial charge on any atom is -0.490 e. The molecule has 0 aliphatic carbocycles. The van der Waals surface area contributed by atoms with E-state index in [1.165, 1.54) is 12.1 Å². The maximum Gasteiger partial charge on any atom is 0.225 e. The summed E-state index contributed by atoms with van der Waals surface area (Å²) in [7, 11) is 0. The van der Waals surface area contributed by atoms with Crippen molar-refractivity contribution in [2.45, 2.75) is 12.3 Å². The van der Waals surface area contributed by atoms with Crippen molar-refractivity contribution in [2.24, 2.45) is 0 Å². The highest BCUT2D eigenvalue weighted by Gasteiger charge is 2.30. The average Bonchev–Trinajstić information content (AvgIpc) is 3.10. The highest BCUT2D eigenvalue weighted by molar-refractivity contribution is 7.11. The summed E-state index contributed by atoms with van der Waals surface area (Å²) < 4.78 is 18.8. The summed E-state index contributed by atoms with van der Waals surface area (Å²) in [5.41, 5.74) is 3.73. The summed E-state index contributed by atoms with van der Waals surface area (Å²) in [6, 6.07) is 14.2. The Morgan fingerprint density at radius 2 is 1.93 bits per heavy atom. The van der Waals surface area contributed by atoms with E-state index < -0.39 is 0 Å². The van der Waals surface area contributed by atoms with E-state index in [4.69, 9.17) is 4.74 Å². The van der Waals surface area contributed by atoms with Gasteiger partial charge in [-0.15, -0.1) is 11.3 Å². The van der Waals surface area contributed by atoms with Crippen LogP contribution in [0, 0.1) is 5.82 Å². The second-order valence-corrected chi connectivity index (χ2v) is 7.28. The molecule has 5 heteroatoms. The van der Waals surface area contributed by atoms with E-state index in [-0.39, 0.29) is 17.6 Å². The van der Waals surface area contributed by atoms with Crippen molar-refractivity contribution in [1.29, 1.82) is 0 Å². The first-order valence-corrected chi connectivity index (χ1v) is 9.54. The zero-order chi connectivity index (χ0) is 18.8. The van der Waals surface area contributed by atoms with Crippen LogP contribution in [0.25, 0.3) is 11.1 Å². The molecular formula is C22H18FNO2S. The van der Waals surface area contributed by atoms with E-state index in [1.54, 1.807) is 29.5 Å². The first kappa shape index (κ1) is 17.5. The van der Waals surface area contributed by atoms with E-state index >= 15 is 0 Å². The zero-order valence-corrected chi connectivity index (χ0v) is 15.4. The van der Waals surface area contributed by atoms with Crippen LogP contribution in [0.2, 0.25) is 0 Å². The van der Waals surface area contributed by atoms with Gasteiger partial charge in [0.2, 0.25) is 5.91 Å². The lowest BCUT2D eigenvalue weighted by Crippen LogP contribution is -2.22. The lowest BCUT2D eigenvalue weighted by molar-refractivity contribution is -0.116. The van der Waals surface area contributed by atoms with Crippen molar-refractivity contribution in [3.8, 4) is 16.9 Å². The molecule has 1 atom stereocenters. The number of fused-ring (bicyclic) bond motifs is 1. The number of hydrogen-bond donors (Lipinski definition) is 1. The molecule has 1 amide bonds. The van der Waals surface area contributed by atoms with Gasteiger partial charge >= 0.3 is 0 Å². The predicted octanol–water partition coefficient (Wildman–Crippen LogP) is 5.59. The number of thiophene rings is 1. The van der Waals surface area contributed by atoms with E-state index in [0.29, 0.717) is 13.0 Å². The molecule has 27 heavy (non-hydrogen) atoms. The number of halogens is 1. The second kappa shape index (κ2) is 7.37. The van der Waals surface area contributed by atoms with Gasteiger partial charge in [0.05, 0.1) is 5.69 Å². The molecule has 0 radical (unpaired) electrons. The molecule has 0 unspecified atom stereocenters. The lowest BCUT2D eigenvalue weighted by Gasteiger charge is -2.24. The maximum atomic E-state index is 13.2. The fourth-order valence-corrected chi connectivity index (χ4v) is 4.45. The van der Waals surface area contributed by atoms with Crippen LogP contribution >= 0.6 is 11.3 Å². The maximum absolute atomic E-state index is 13.2. The summed E-state index contributed by atoms with van der Waals surface area (Å²) in [6.45, 7) is 4.10. The molecule has 0 fully saturated rings. The molecule has 136 valence electrons. The van der Waals surface area contributed by atoms with Crippen LogP contribution < -0.4 is 10.1 Å². The van der Waals surface area contributed by atoms with Gasteiger partial charge in [-0.1, -0.05) is 36.9 Å². The molecule has 2 heterocycles. The van der Waals surface area contributed by atoms with Crippen molar-refractivity contribution in [2.75, 3.05) is 11.9 Å². The third kappa shape index (κ3) is 3.51. The minimum atomic E-state index is -0.275. The van der Waals surface area contributed by atoms with Gasteiger partial charge < -0.3 is 10.1 Å². The van der Waals surface area contributed by atoms with E-state index in [2.05, 4.69) is 11.9 Å². The SMILES string of the molecule is C=CCOc1ccc([C@H]2CC(=O)Nc3c(-c4ccc(F)cc4)csc32)cc1. The number of amides is 1. The van der Waals surface area contributed by atoms with Gasteiger partial charge in [0, 0.05) is 28.2 Å². The van der Waals surface area contributed by atoms with Crippen LogP contribution in [0.4, 0.5) is 10.1 Å². The standard InChI is InChI=1S/C22H18FNO2S/c1-2-11-26-17-9-5-14(6-10-17)18-12-20(25)24-21-19(13-27-22(18)21)15-3-7-16(23)8-4-15/h2-10,13,18H,1,11-12H2,(H,24,25)/t18-/m1/s1. The van der Waals surface area contributed by atoms with Gasteiger partial charge in [0.25, 0.3) is 0 Å². The van der Waals surface area contributed by atoms with Crippen LogP contribution in [0.5, 0.6) is 5.75 Å². The number of hydrogen-bond acceptors (Lipinski definition) is 3. The number of carbonyl (C=O) groups excluding carboxylic acids is 1. The van der Waals surface area contributed by atoms with Crippen molar-refractivity contribution in [3.05, 3.63) is 82.8 Å². The Hall–Kier alpha value is -2.92. The van der Waals surface area contributed by atoms with Gasteiger partial charge in [-0.05, 0) is 35.4 Å². The molecule has 1 N–H and O–H groups in total. The van der Waals surface area contributed by atoms with Gasteiger partial charge in [0.15, 0.2) is 0 Å². The van der Waals surface area contributed by atoms with Gasteiger partial charge in [-0.25, -0.2) is 4.39 Å².